The highest BCUT2D eigenvalue weighted by molar-refractivity contribution is 5.92. The topological polar surface area (TPSA) is 87.3 Å². The van der Waals surface area contributed by atoms with Crippen molar-refractivity contribution in [1.82, 2.24) is 14.9 Å². The fourth-order valence-corrected chi connectivity index (χ4v) is 3.12. The van der Waals surface area contributed by atoms with Crippen LogP contribution in [0.4, 0.5) is 5.69 Å². The maximum Gasteiger partial charge on any atom is 0.258 e. The standard InChI is InChI=1S/C22H26N4O3/c1-3-4-12-26(15-21(27)23-16-8-7-9-17(13-16)29-2)14-20-24-19-11-6-5-10-18(19)22(28)25-20/h5-11,13H,3-4,12,14-15H2,1-2H3,(H,23,27)(H,24,25,28). The number of para-hydroxylation sites is 1. The molecule has 0 aliphatic carbocycles. The summed E-state index contributed by atoms with van der Waals surface area (Å²) in [6.07, 6.45) is 1.96. The smallest absolute Gasteiger partial charge is 0.258 e. The maximum absolute atomic E-state index is 12.6. The highest BCUT2D eigenvalue weighted by atomic mass is 16.5. The number of nitrogens with one attached hydrogen (secondary N) is 2. The molecule has 0 saturated heterocycles. The minimum Gasteiger partial charge on any atom is -0.497 e. The molecule has 29 heavy (non-hydrogen) atoms. The zero-order valence-corrected chi connectivity index (χ0v) is 16.8. The van der Waals surface area contributed by atoms with Crippen LogP contribution in [0.15, 0.2) is 53.3 Å². The average Bonchev–Trinajstić information content (AvgIpc) is 2.72. The van der Waals surface area contributed by atoms with Gasteiger partial charge in [-0.05, 0) is 37.2 Å². The number of H-pyrrole nitrogens is 1. The quantitative estimate of drug-likeness (QED) is 0.582. The van der Waals surface area contributed by atoms with Crippen LogP contribution in [-0.2, 0) is 11.3 Å². The van der Waals surface area contributed by atoms with E-state index >= 15 is 0 Å². The van der Waals surface area contributed by atoms with E-state index < -0.39 is 0 Å². The van der Waals surface area contributed by atoms with Crippen molar-refractivity contribution in [3.05, 3.63) is 64.7 Å². The Morgan fingerprint density at radius 1 is 1.21 bits per heavy atom. The first-order chi connectivity index (χ1) is 14.1. The van der Waals surface area contributed by atoms with Crippen molar-refractivity contribution in [2.75, 3.05) is 25.5 Å². The summed E-state index contributed by atoms with van der Waals surface area (Å²) in [7, 11) is 1.59. The van der Waals surface area contributed by atoms with Gasteiger partial charge in [-0.1, -0.05) is 31.5 Å². The Hall–Kier alpha value is -3.19. The van der Waals surface area contributed by atoms with E-state index in [9.17, 15) is 9.59 Å². The summed E-state index contributed by atoms with van der Waals surface area (Å²) in [6.45, 7) is 3.43. The number of rotatable bonds is 9. The number of aromatic nitrogens is 2. The Kier molecular flexibility index (Phi) is 6.97. The molecule has 0 fully saturated rings. The molecule has 152 valence electrons. The molecule has 1 aromatic heterocycles. The van der Waals surface area contributed by atoms with Crippen molar-refractivity contribution >= 4 is 22.5 Å². The Balaban J connectivity index is 1.72. The van der Waals surface area contributed by atoms with Gasteiger partial charge in [0.2, 0.25) is 5.91 Å². The molecule has 7 heteroatoms. The average molecular weight is 394 g/mol. The van der Waals surface area contributed by atoms with Crippen molar-refractivity contribution < 1.29 is 9.53 Å². The normalized spacial score (nSPS) is 11.0. The number of benzene rings is 2. The van der Waals surface area contributed by atoms with Crippen molar-refractivity contribution in [1.29, 1.82) is 0 Å². The molecule has 1 heterocycles. The Morgan fingerprint density at radius 2 is 2.03 bits per heavy atom. The predicted octanol–water partition coefficient (Wildman–Crippen LogP) is 3.17. The molecule has 0 radical (unpaired) electrons. The summed E-state index contributed by atoms with van der Waals surface area (Å²) < 4.78 is 5.19. The van der Waals surface area contributed by atoms with Gasteiger partial charge in [-0.3, -0.25) is 14.5 Å². The van der Waals surface area contributed by atoms with Crippen LogP contribution in [0.3, 0.4) is 0 Å². The number of carbonyl (C=O) groups excluding carboxylic acids is 1. The molecular weight excluding hydrogens is 368 g/mol. The van der Waals surface area contributed by atoms with E-state index in [0.29, 0.717) is 34.7 Å². The molecule has 3 aromatic rings. The summed E-state index contributed by atoms with van der Waals surface area (Å²) in [5, 5.41) is 3.46. The monoisotopic (exact) mass is 394 g/mol. The summed E-state index contributed by atoms with van der Waals surface area (Å²) >= 11 is 0. The largest absolute Gasteiger partial charge is 0.497 e. The second-order valence-corrected chi connectivity index (χ2v) is 6.87. The first kappa shape index (κ1) is 20.5. The highest BCUT2D eigenvalue weighted by Gasteiger charge is 2.14. The van der Waals surface area contributed by atoms with Crippen LogP contribution in [-0.4, -0.2) is 41.0 Å². The Morgan fingerprint density at radius 3 is 2.83 bits per heavy atom. The maximum atomic E-state index is 12.6. The number of hydrogen-bond donors (Lipinski definition) is 2. The number of nitrogens with zero attached hydrogens (tertiary/aromatic N) is 2. The minimum atomic E-state index is -0.165. The molecule has 3 rings (SSSR count). The highest BCUT2D eigenvalue weighted by Crippen LogP contribution is 2.16. The van der Waals surface area contributed by atoms with Gasteiger partial charge in [0.1, 0.15) is 11.6 Å². The van der Waals surface area contributed by atoms with Crippen LogP contribution in [0, 0.1) is 0 Å². The zero-order valence-electron chi connectivity index (χ0n) is 16.8. The Bertz CT molecular complexity index is 1030. The first-order valence-electron chi connectivity index (χ1n) is 9.73. The molecule has 0 bridgehead atoms. The molecule has 2 N–H and O–H groups in total. The molecule has 0 atom stereocenters. The number of ether oxygens (including phenoxy) is 1. The first-order valence-corrected chi connectivity index (χ1v) is 9.73. The van der Waals surface area contributed by atoms with E-state index in [4.69, 9.17) is 4.74 Å². The third kappa shape index (κ3) is 5.65. The summed E-state index contributed by atoms with van der Waals surface area (Å²) in [5.74, 6) is 1.11. The SMILES string of the molecule is CCCCN(CC(=O)Nc1cccc(OC)c1)Cc1nc2ccccc2c(=O)[nH]1. The van der Waals surface area contributed by atoms with Gasteiger partial charge in [0.25, 0.3) is 5.56 Å². The van der Waals surface area contributed by atoms with E-state index in [0.717, 1.165) is 19.4 Å². The van der Waals surface area contributed by atoms with Crippen LogP contribution in [0.25, 0.3) is 10.9 Å². The number of fused-ring (bicyclic) bond motifs is 1. The second kappa shape index (κ2) is 9.84. The molecule has 0 aliphatic heterocycles. The molecular formula is C22H26N4O3. The lowest BCUT2D eigenvalue weighted by molar-refractivity contribution is -0.117. The number of anilines is 1. The van der Waals surface area contributed by atoms with E-state index in [-0.39, 0.29) is 18.0 Å². The van der Waals surface area contributed by atoms with E-state index in [2.05, 4.69) is 22.2 Å². The lowest BCUT2D eigenvalue weighted by Crippen LogP contribution is -2.34. The number of unbranched alkanes of at least 4 members (excludes halogenated alkanes) is 1. The van der Waals surface area contributed by atoms with Crippen LogP contribution in [0.5, 0.6) is 5.75 Å². The van der Waals surface area contributed by atoms with Gasteiger partial charge < -0.3 is 15.0 Å². The van der Waals surface area contributed by atoms with Crippen LogP contribution < -0.4 is 15.6 Å². The van der Waals surface area contributed by atoms with Crippen molar-refractivity contribution in [2.45, 2.75) is 26.3 Å². The van der Waals surface area contributed by atoms with Gasteiger partial charge >= 0.3 is 0 Å². The third-order valence-electron chi connectivity index (χ3n) is 4.58. The predicted molar refractivity (Wildman–Crippen MR) is 114 cm³/mol. The van der Waals surface area contributed by atoms with Crippen molar-refractivity contribution in [2.24, 2.45) is 0 Å². The minimum absolute atomic E-state index is 0.127. The van der Waals surface area contributed by atoms with E-state index in [1.165, 1.54) is 0 Å². The van der Waals surface area contributed by atoms with Gasteiger partial charge in [-0.15, -0.1) is 0 Å². The number of methoxy groups -OCH3 is 1. The van der Waals surface area contributed by atoms with Crippen LogP contribution in [0.2, 0.25) is 0 Å². The number of amides is 1. The van der Waals surface area contributed by atoms with Gasteiger partial charge in [-0.25, -0.2) is 4.98 Å². The zero-order chi connectivity index (χ0) is 20.6. The van der Waals surface area contributed by atoms with E-state index in [1.807, 2.05) is 41.3 Å². The fourth-order valence-electron chi connectivity index (χ4n) is 3.12. The molecule has 0 aliphatic rings. The summed E-state index contributed by atoms with van der Waals surface area (Å²) in [5.41, 5.74) is 1.17. The van der Waals surface area contributed by atoms with Gasteiger partial charge in [-0.2, -0.15) is 0 Å². The van der Waals surface area contributed by atoms with E-state index in [1.54, 1.807) is 19.2 Å². The number of carbonyl (C=O) groups is 1. The van der Waals surface area contributed by atoms with Gasteiger partial charge in [0.05, 0.1) is 31.1 Å². The number of hydrogen-bond acceptors (Lipinski definition) is 5. The molecule has 0 saturated carbocycles. The third-order valence-corrected chi connectivity index (χ3v) is 4.58. The number of aromatic amines is 1. The summed E-state index contributed by atoms with van der Waals surface area (Å²) in [6, 6.07) is 14.5. The molecule has 0 spiro atoms. The van der Waals surface area contributed by atoms with Gasteiger partial charge in [0.15, 0.2) is 0 Å². The summed E-state index contributed by atoms with van der Waals surface area (Å²) in [4.78, 5) is 34.3. The van der Waals surface area contributed by atoms with Crippen LogP contribution >= 0.6 is 0 Å². The Labute approximate surface area is 169 Å². The molecule has 7 nitrogen and oxygen atoms in total. The molecule has 1 amide bonds. The van der Waals surface area contributed by atoms with Crippen LogP contribution in [0.1, 0.15) is 25.6 Å². The lowest BCUT2D eigenvalue weighted by Gasteiger charge is -2.21. The second-order valence-electron chi connectivity index (χ2n) is 6.87. The van der Waals surface area contributed by atoms with Crippen molar-refractivity contribution in [3.63, 3.8) is 0 Å². The fraction of sp³-hybridized carbons (Fsp3) is 0.318. The lowest BCUT2D eigenvalue weighted by atomic mass is 10.2. The van der Waals surface area contributed by atoms with Gasteiger partial charge in [0, 0.05) is 11.8 Å². The van der Waals surface area contributed by atoms with Crippen molar-refractivity contribution in [3.8, 4) is 5.75 Å². The molecule has 2 aromatic carbocycles. The molecule has 0 unspecified atom stereocenters.